The summed E-state index contributed by atoms with van der Waals surface area (Å²) in [6.45, 7) is 7.68. The Bertz CT molecular complexity index is 949. The molecule has 1 heterocycles. The number of methoxy groups -OCH3 is 3. The van der Waals surface area contributed by atoms with E-state index in [4.69, 9.17) is 25.8 Å². The summed E-state index contributed by atoms with van der Waals surface area (Å²) in [5, 5.41) is 0.297. The topological polar surface area (TPSA) is 65.1 Å². The SMILES string of the molecule is C=C/C=C(/C=C1\CCCN(C(=O)/C=C/c2cc(OC)c(OC)c(OC)c2)C1=O)C(=C)Cl. The molecule has 0 spiro atoms. The first-order chi connectivity index (χ1) is 14.9. The van der Waals surface area contributed by atoms with Gasteiger partial charge in [-0.15, -0.1) is 0 Å². The van der Waals surface area contributed by atoms with Gasteiger partial charge in [-0.25, -0.2) is 0 Å². The lowest BCUT2D eigenvalue weighted by molar-refractivity contribution is -0.140. The second-order valence-electron chi connectivity index (χ2n) is 6.62. The molecule has 0 N–H and O–H groups in total. The highest BCUT2D eigenvalue weighted by Crippen LogP contribution is 2.38. The summed E-state index contributed by atoms with van der Waals surface area (Å²) >= 11 is 5.99. The van der Waals surface area contributed by atoms with Gasteiger partial charge in [0.15, 0.2) is 11.5 Å². The monoisotopic (exact) mass is 443 g/mol. The Morgan fingerprint density at radius 1 is 1.16 bits per heavy atom. The van der Waals surface area contributed by atoms with Crippen molar-refractivity contribution in [1.29, 1.82) is 0 Å². The minimum absolute atomic E-state index is 0.297. The fourth-order valence-corrected chi connectivity index (χ4v) is 3.26. The third-order valence-corrected chi connectivity index (χ3v) is 4.88. The van der Waals surface area contributed by atoms with Gasteiger partial charge < -0.3 is 14.2 Å². The van der Waals surface area contributed by atoms with Gasteiger partial charge in [-0.05, 0) is 48.3 Å². The summed E-state index contributed by atoms with van der Waals surface area (Å²) in [7, 11) is 4.54. The number of amides is 2. The Morgan fingerprint density at radius 2 is 1.81 bits per heavy atom. The van der Waals surface area contributed by atoms with Gasteiger partial charge in [0.2, 0.25) is 5.75 Å². The number of allylic oxidation sites excluding steroid dienone is 5. The van der Waals surface area contributed by atoms with Gasteiger partial charge in [-0.2, -0.15) is 0 Å². The van der Waals surface area contributed by atoms with Gasteiger partial charge >= 0.3 is 0 Å². The number of nitrogens with zero attached hydrogens (tertiary/aromatic N) is 1. The highest BCUT2D eigenvalue weighted by molar-refractivity contribution is 6.32. The number of carbonyl (C=O) groups excluding carboxylic acids is 2. The van der Waals surface area contributed by atoms with Crippen molar-refractivity contribution in [1.82, 2.24) is 4.90 Å². The average Bonchev–Trinajstić information content (AvgIpc) is 2.77. The molecule has 1 aromatic rings. The smallest absolute Gasteiger partial charge is 0.256 e. The second-order valence-corrected chi connectivity index (χ2v) is 7.08. The minimum Gasteiger partial charge on any atom is -0.493 e. The van der Waals surface area contributed by atoms with Crippen LogP contribution in [-0.2, 0) is 9.59 Å². The largest absolute Gasteiger partial charge is 0.493 e. The van der Waals surface area contributed by atoms with Crippen LogP contribution in [0.1, 0.15) is 18.4 Å². The lowest BCUT2D eigenvalue weighted by atomic mass is 10.0. The van der Waals surface area contributed by atoms with Gasteiger partial charge in [0, 0.05) is 23.2 Å². The van der Waals surface area contributed by atoms with Crippen molar-refractivity contribution in [2.24, 2.45) is 0 Å². The van der Waals surface area contributed by atoms with E-state index in [1.165, 1.54) is 32.3 Å². The van der Waals surface area contributed by atoms with Crippen LogP contribution in [0.4, 0.5) is 0 Å². The maximum atomic E-state index is 12.8. The van der Waals surface area contributed by atoms with Crippen molar-refractivity contribution in [3.8, 4) is 17.2 Å². The van der Waals surface area contributed by atoms with Crippen molar-refractivity contribution >= 4 is 29.5 Å². The van der Waals surface area contributed by atoms with Crippen molar-refractivity contribution in [3.05, 3.63) is 71.3 Å². The normalized spacial score (nSPS) is 15.9. The van der Waals surface area contributed by atoms with E-state index in [9.17, 15) is 9.59 Å². The third kappa shape index (κ3) is 5.89. The number of piperidine rings is 1. The summed E-state index contributed by atoms with van der Waals surface area (Å²) in [6.07, 6.45) is 9.05. The van der Waals surface area contributed by atoms with Crippen molar-refractivity contribution in [2.75, 3.05) is 27.9 Å². The van der Waals surface area contributed by atoms with Crippen molar-refractivity contribution in [2.45, 2.75) is 12.8 Å². The van der Waals surface area contributed by atoms with Crippen LogP contribution in [0.2, 0.25) is 0 Å². The Hall–Kier alpha value is -3.25. The summed E-state index contributed by atoms with van der Waals surface area (Å²) in [5.74, 6) is 0.632. The minimum atomic E-state index is -0.414. The molecular weight excluding hydrogens is 418 g/mol. The molecule has 2 amide bonds. The molecule has 7 heteroatoms. The molecular formula is C24H26ClNO5. The number of halogens is 1. The highest BCUT2D eigenvalue weighted by Gasteiger charge is 2.27. The van der Waals surface area contributed by atoms with E-state index in [1.807, 2.05) is 0 Å². The van der Waals surface area contributed by atoms with Crippen LogP contribution in [0.15, 0.2) is 65.8 Å². The first-order valence-electron chi connectivity index (χ1n) is 9.58. The molecule has 1 fully saturated rings. The summed E-state index contributed by atoms with van der Waals surface area (Å²) in [6, 6.07) is 3.43. The lowest BCUT2D eigenvalue weighted by Crippen LogP contribution is -2.40. The summed E-state index contributed by atoms with van der Waals surface area (Å²) in [4.78, 5) is 26.8. The molecule has 0 aliphatic carbocycles. The van der Waals surface area contributed by atoms with Crippen LogP contribution in [0.5, 0.6) is 17.2 Å². The second kappa shape index (κ2) is 11.2. The number of carbonyl (C=O) groups is 2. The predicted octanol–water partition coefficient (Wildman–Crippen LogP) is 4.67. The zero-order chi connectivity index (χ0) is 23.0. The Kier molecular flexibility index (Phi) is 8.70. The van der Waals surface area contributed by atoms with Gasteiger partial charge in [-0.3, -0.25) is 14.5 Å². The van der Waals surface area contributed by atoms with E-state index in [0.717, 1.165) is 0 Å². The molecule has 1 aliphatic heterocycles. The molecule has 2 rings (SSSR count). The van der Waals surface area contributed by atoms with E-state index in [0.29, 0.717) is 58.4 Å². The van der Waals surface area contributed by atoms with Crippen LogP contribution < -0.4 is 14.2 Å². The molecule has 1 aliphatic rings. The van der Waals surface area contributed by atoms with Crippen molar-refractivity contribution in [3.63, 3.8) is 0 Å². The van der Waals surface area contributed by atoms with E-state index in [1.54, 1.807) is 36.4 Å². The molecule has 164 valence electrons. The Balaban J connectivity index is 2.26. The summed E-state index contributed by atoms with van der Waals surface area (Å²) < 4.78 is 15.9. The number of rotatable bonds is 8. The molecule has 0 aromatic heterocycles. The van der Waals surface area contributed by atoms with Crippen LogP contribution in [0.25, 0.3) is 6.08 Å². The van der Waals surface area contributed by atoms with Crippen LogP contribution in [0.3, 0.4) is 0 Å². The molecule has 1 aromatic carbocycles. The maximum Gasteiger partial charge on any atom is 0.256 e. The van der Waals surface area contributed by atoms with Crippen LogP contribution in [-0.4, -0.2) is 44.6 Å². The fraction of sp³-hybridized carbons (Fsp3) is 0.250. The number of likely N-dealkylation sites (tertiary alicyclic amines) is 1. The van der Waals surface area contributed by atoms with Gasteiger partial charge in [-0.1, -0.05) is 36.9 Å². The average molecular weight is 444 g/mol. The molecule has 31 heavy (non-hydrogen) atoms. The Morgan fingerprint density at radius 3 is 2.32 bits per heavy atom. The highest BCUT2D eigenvalue weighted by atomic mass is 35.5. The first kappa shape index (κ1) is 24.0. The van der Waals surface area contributed by atoms with Crippen LogP contribution >= 0.6 is 11.6 Å². The molecule has 6 nitrogen and oxygen atoms in total. The molecule has 0 saturated carbocycles. The predicted molar refractivity (Wildman–Crippen MR) is 122 cm³/mol. The zero-order valence-electron chi connectivity index (χ0n) is 17.9. The number of hydrogen-bond acceptors (Lipinski definition) is 5. The Labute approximate surface area is 187 Å². The first-order valence-corrected chi connectivity index (χ1v) is 9.96. The van der Waals surface area contributed by atoms with Crippen molar-refractivity contribution < 1.29 is 23.8 Å². The number of benzene rings is 1. The van der Waals surface area contributed by atoms with Gasteiger partial charge in [0.05, 0.1) is 21.3 Å². The zero-order valence-corrected chi connectivity index (χ0v) is 18.7. The van der Waals surface area contributed by atoms with E-state index in [2.05, 4.69) is 13.2 Å². The van der Waals surface area contributed by atoms with E-state index < -0.39 is 5.91 Å². The fourth-order valence-electron chi connectivity index (χ4n) is 3.14. The standard InChI is InChI=1S/C24H26ClNO5/c1-6-8-18(16(2)25)15-19-9-7-12-26(24(19)28)22(27)11-10-17-13-20(29-3)23(31-5)21(14-17)30-4/h6,8,10-11,13-15H,1-2,7,9,12H2,3-5H3/b11-10+,18-8-,19-15+. The van der Waals surface area contributed by atoms with E-state index >= 15 is 0 Å². The maximum absolute atomic E-state index is 12.8. The van der Waals surface area contributed by atoms with Gasteiger partial charge in [0.25, 0.3) is 11.8 Å². The van der Waals surface area contributed by atoms with E-state index in [-0.39, 0.29) is 5.91 Å². The number of ether oxygens (including phenoxy) is 3. The van der Waals surface area contributed by atoms with Crippen LogP contribution in [0, 0.1) is 0 Å². The molecule has 0 radical (unpaired) electrons. The van der Waals surface area contributed by atoms with Gasteiger partial charge in [0.1, 0.15) is 0 Å². The molecule has 1 saturated heterocycles. The number of imide groups is 1. The molecule has 0 unspecified atom stereocenters. The number of hydrogen-bond donors (Lipinski definition) is 0. The summed E-state index contributed by atoms with van der Waals surface area (Å²) in [5.41, 5.74) is 1.75. The molecule has 0 atom stereocenters. The quantitative estimate of drug-likeness (QED) is 0.431. The third-order valence-electron chi connectivity index (χ3n) is 4.66. The lowest BCUT2D eigenvalue weighted by Gasteiger charge is -2.26. The molecule has 0 bridgehead atoms.